The van der Waals surface area contributed by atoms with Crippen LogP contribution in [-0.4, -0.2) is 32.8 Å². The van der Waals surface area contributed by atoms with Crippen LogP contribution in [0.1, 0.15) is 41.1 Å². The molecule has 2 aromatic rings. The minimum atomic E-state index is -3.67. The average molecular weight is 386 g/mol. The fourth-order valence-electron chi connectivity index (χ4n) is 2.92. The van der Waals surface area contributed by atoms with Gasteiger partial charge in [-0.05, 0) is 48.7 Å². The maximum Gasteiger partial charge on any atom is 0.254 e. The third-order valence-corrected chi connectivity index (χ3v) is 6.09. The highest BCUT2D eigenvalue weighted by Crippen LogP contribution is 2.47. The Hall–Kier alpha value is -2.56. The number of furan rings is 1. The molecule has 0 bridgehead atoms. The molecule has 27 heavy (non-hydrogen) atoms. The van der Waals surface area contributed by atoms with E-state index in [4.69, 9.17) is 10.8 Å². The lowest BCUT2D eigenvalue weighted by Crippen LogP contribution is -2.26. The van der Waals surface area contributed by atoms with Crippen LogP contribution in [0.25, 0.3) is 0 Å². The quantitative estimate of drug-likeness (QED) is 0.742. The van der Waals surface area contributed by atoms with Crippen LogP contribution in [0.15, 0.2) is 45.7 Å². The van der Waals surface area contributed by atoms with Gasteiger partial charge in [-0.3, -0.25) is 4.79 Å². The summed E-state index contributed by atoms with van der Waals surface area (Å²) in [6, 6.07) is 9.63. The van der Waals surface area contributed by atoms with Crippen molar-refractivity contribution in [3.05, 3.63) is 53.5 Å². The molecular formula is C20H22N2O4S. The van der Waals surface area contributed by atoms with E-state index in [1.807, 2.05) is 12.1 Å². The highest BCUT2D eigenvalue weighted by molar-refractivity contribution is 7.89. The second kappa shape index (κ2) is 7.59. The Morgan fingerprint density at radius 3 is 2.56 bits per heavy atom. The number of carbonyl (C=O) groups excluding carboxylic acids is 1. The molecule has 2 atom stereocenters. The van der Waals surface area contributed by atoms with Gasteiger partial charge >= 0.3 is 0 Å². The maximum atomic E-state index is 12.6. The van der Waals surface area contributed by atoms with Crippen molar-refractivity contribution in [2.24, 2.45) is 5.92 Å². The van der Waals surface area contributed by atoms with Crippen LogP contribution in [0.2, 0.25) is 0 Å². The second-order valence-electron chi connectivity index (χ2n) is 6.84. The number of terminal acetylenes is 1. The van der Waals surface area contributed by atoms with Gasteiger partial charge < -0.3 is 9.32 Å². The second-order valence-corrected chi connectivity index (χ2v) is 8.60. The van der Waals surface area contributed by atoms with Crippen LogP contribution in [-0.2, 0) is 16.6 Å². The molecule has 1 N–H and O–H groups in total. The van der Waals surface area contributed by atoms with Crippen molar-refractivity contribution in [3.63, 3.8) is 0 Å². The third kappa shape index (κ3) is 4.41. The summed E-state index contributed by atoms with van der Waals surface area (Å²) in [5.74, 6) is 4.87. The first-order chi connectivity index (χ1) is 12.8. The number of nitrogens with one attached hydrogen (secondary N) is 1. The van der Waals surface area contributed by atoms with Crippen LogP contribution in [0, 0.1) is 18.3 Å². The molecule has 1 aliphatic carbocycles. The van der Waals surface area contributed by atoms with Gasteiger partial charge in [0.1, 0.15) is 11.5 Å². The Labute approximate surface area is 159 Å². The Balaban J connectivity index is 1.64. The molecule has 1 heterocycles. The molecule has 1 aliphatic rings. The monoisotopic (exact) mass is 386 g/mol. The zero-order valence-corrected chi connectivity index (χ0v) is 16.1. The van der Waals surface area contributed by atoms with Crippen molar-refractivity contribution in [3.8, 4) is 12.3 Å². The van der Waals surface area contributed by atoms with Crippen LogP contribution in [0.4, 0.5) is 0 Å². The highest BCUT2D eigenvalue weighted by atomic mass is 32.2. The first-order valence-corrected chi connectivity index (χ1v) is 10.2. The number of hydrogen-bond acceptors (Lipinski definition) is 4. The molecule has 1 aromatic carbocycles. The summed E-state index contributed by atoms with van der Waals surface area (Å²) in [6.45, 7) is 2.45. The third-order valence-electron chi connectivity index (χ3n) is 4.67. The molecule has 0 saturated heterocycles. The highest BCUT2D eigenvalue weighted by Gasteiger charge is 2.36. The zero-order valence-electron chi connectivity index (χ0n) is 15.3. The van der Waals surface area contributed by atoms with Gasteiger partial charge in [0.25, 0.3) is 5.91 Å². The van der Waals surface area contributed by atoms with Gasteiger partial charge in [-0.15, -0.1) is 6.42 Å². The summed E-state index contributed by atoms with van der Waals surface area (Å²) in [5, 5.41) is 0. The van der Waals surface area contributed by atoms with Crippen LogP contribution < -0.4 is 4.72 Å². The summed E-state index contributed by atoms with van der Waals surface area (Å²) < 4.78 is 32.2. The van der Waals surface area contributed by atoms with Crippen LogP contribution >= 0.6 is 0 Å². The number of hydrogen-bond donors (Lipinski definition) is 1. The van der Waals surface area contributed by atoms with Gasteiger partial charge in [-0.25, -0.2) is 8.42 Å². The van der Waals surface area contributed by atoms with Crippen molar-refractivity contribution in [1.29, 1.82) is 0 Å². The van der Waals surface area contributed by atoms with Crippen LogP contribution in [0.3, 0.4) is 0 Å². The fourth-order valence-corrected chi connectivity index (χ4v) is 3.85. The number of sulfonamides is 1. The molecule has 0 radical (unpaired) electrons. The van der Waals surface area contributed by atoms with Gasteiger partial charge in [0.2, 0.25) is 10.0 Å². The first-order valence-electron chi connectivity index (χ1n) is 8.69. The molecule has 1 saturated carbocycles. The minimum absolute atomic E-state index is 0.0613. The SMILES string of the molecule is C#CCNS(=O)(=O)c1ccc(C(=O)N(C)Cc2ccc([C@H]3C[C@@H]3C)o2)cc1. The van der Waals surface area contributed by atoms with E-state index >= 15 is 0 Å². The summed E-state index contributed by atoms with van der Waals surface area (Å²) in [4.78, 5) is 14.2. The molecule has 0 unspecified atom stereocenters. The van der Waals surface area contributed by atoms with E-state index in [1.54, 1.807) is 11.9 Å². The van der Waals surface area contributed by atoms with E-state index in [-0.39, 0.29) is 17.3 Å². The topological polar surface area (TPSA) is 79.6 Å². The molecule has 7 heteroatoms. The Morgan fingerprint density at radius 1 is 1.30 bits per heavy atom. The van der Waals surface area contributed by atoms with E-state index in [9.17, 15) is 13.2 Å². The van der Waals surface area contributed by atoms with E-state index in [2.05, 4.69) is 17.6 Å². The lowest BCUT2D eigenvalue weighted by molar-refractivity contribution is 0.0774. The van der Waals surface area contributed by atoms with Crippen molar-refractivity contribution in [2.45, 2.75) is 30.7 Å². The molecule has 1 fully saturated rings. The predicted octanol–water partition coefficient (Wildman–Crippen LogP) is 2.59. The summed E-state index contributed by atoms with van der Waals surface area (Å²) in [7, 11) is -1.99. The summed E-state index contributed by atoms with van der Waals surface area (Å²) in [5.41, 5.74) is 0.399. The maximum absolute atomic E-state index is 12.6. The largest absolute Gasteiger partial charge is 0.464 e. The van der Waals surface area contributed by atoms with Crippen molar-refractivity contribution < 1.29 is 17.6 Å². The lowest BCUT2D eigenvalue weighted by Gasteiger charge is -2.16. The summed E-state index contributed by atoms with van der Waals surface area (Å²) in [6.07, 6.45) is 6.21. The Bertz CT molecular complexity index is 970. The number of carbonyl (C=O) groups is 1. The standard InChI is InChI=1S/C20H22N2O4S/c1-4-11-21-27(24,25)17-8-5-15(6-9-17)20(23)22(3)13-16-7-10-19(26-16)18-12-14(18)2/h1,5-10,14,18,21H,11-13H2,2-3H3/t14-,18-/m0/s1. The van der Waals surface area contributed by atoms with Gasteiger partial charge in [0, 0.05) is 18.5 Å². The number of benzene rings is 1. The van der Waals surface area contributed by atoms with Crippen LogP contribution in [0.5, 0.6) is 0 Å². The molecule has 0 spiro atoms. The van der Waals surface area contributed by atoms with Crippen molar-refractivity contribution in [2.75, 3.05) is 13.6 Å². The molecule has 3 rings (SSSR count). The Morgan fingerprint density at radius 2 is 1.96 bits per heavy atom. The fraction of sp³-hybridized carbons (Fsp3) is 0.350. The molecule has 1 amide bonds. The Kier molecular flexibility index (Phi) is 5.40. The minimum Gasteiger partial charge on any atom is -0.464 e. The first kappa shape index (κ1) is 19.2. The molecule has 1 aromatic heterocycles. The predicted molar refractivity (Wildman–Crippen MR) is 101 cm³/mol. The van der Waals surface area contributed by atoms with Gasteiger partial charge in [-0.2, -0.15) is 4.72 Å². The molecule has 0 aliphatic heterocycles. The van der Waals surface area contributed by atoms with Crippen molar-refractivity contribution >= 4 is 15.9 Å². The van der Waals surface area contributed by atoms with E-state index < -0.39 is 10.0 Å². The average Bonchev–Trinajstić information content (AvgIpc) is 3.20. The van der Waals surface area contributed by atoms with E-state index in [0.29, 0.717) is 23.9 Å². The van der Waals surface area contributed by atoms with E-state index in [1.165, 1.54) is 24.3 Å². The summed E-state index contributed by atoms with van der Waals surface area (Å²) >= 11 is 0. The van der Waals surface area contributed by atoms with Gasteiger partial charge in [0.05, 0.1) is 18.0 Å². The smallest absolute Gasteiger partial charge is 0.254 e. The molecule has 142 valence electrons. The van der Waals surface area contributed by atoms with Gasteiger partial charge in [0.15, 0.2) is 0 Å². The van der Waals surface area contributed by atoms with Crippen molar-refractivity contribution in [1.82, 2.24) is 9.62 Å². The van der Waals surface area contributed by atoms with Gasteiger partial charge in [-0.1, -0.05) is 12.8 Å². The molecule has 6 nitrogen and oxygen atoms in total. The molecular weight excluding hydrogens is 364 g/mol. The normalized spacial score (nSPS) is 18.7. The lowest BCUT2D eigenvalue weighted by atomic mass is 10.2. The number of amides is 1. The number of rotatable bonds is 7. The van der Waals surface area contributed by atoms with E-state index in [0.717, 1.165) is 17.9 Å². The number of nitrogens with zero attached hydrogens (tertiary/aromatic N) is 1. The zero-order chi connectivity index (χ0) is 19.6.